The van der Waals surface area contributed by atoms with Crippen molar-refractivity contribution in [3.05, 3.63) is 86.0 Å². The first-order valence-corrected chi connectivity index (χ1v) is 11.0. The van der Waals surface area contributed by atoms with Crippen molar-refractivity contribution in [2.45, 2.75) is 6.92 Å². The van der Waals surface area contributed by atoms with E-state index in [1.54, 1.807) is 49.4 Å². The SMILES string of the molecule is Cc1cc([N+](=O)[O-])ccc1-c1ccc(/C=C2\SC(=O)N(CCOc3ccccc3Cl)C2=O)o1. The monoisotopic (exact) mass is 484 g/mol. The summed E-state index contributed by atoms with van der Waals surface area (Å²) in [6.45, 7) is 1.94. The number of ether oxygens (including phenoxy) is 1. The highest BCUT2D eigenvalue weighted by atomic mass is 35.5. The second-order valence-corrected chi connectivity index (χ2v) is 8.47. The molecule has 8 nitrogen and oxygen atoms in total. The van der Waals surface area contributed by atoms with Crippen LogP contribution in [0.1, 0.15) is 11.3 Å². The van der Waals surface area contributed by atoms with Crippen LogP contribution in [0, 0.1) is 17.0 Å². The van der Waals surface area contributed by atoms with Crippen molar-refractivity contribution in [2.75, 3.05) is 13.2 Å². The molecule has 10 heteroatoms. The Labute approximate surface area is 197 Å². The molecule has 3 aromatic rings. The van der Waals surface area contributed by atoms with Crippen LogP contribution in [-0.4, -0.2) is 34.1 Å². The van der Waals surface area contributed by atoms with Crippen LogP contribution in [0.15, 0.2) is 63.9 Å². The van der Waals surface area contributed by atoms with Gasteiger partial charge in [0, 0.05) is 23.8 Å². The molecule has 1 aliphatic rings. The topological polar surface area (TPSA) is 103 Å². The fourth-order valence-electron chi connectivity index (χ4n) is 3.24. The van der Waals surface area contributed by atoms with Crippen LogP contribution >= 0.6 is 23.4 Å². The summed E-state index contributed by atoms with van der Waals surface area (Å²) in [4.78, 5) is 36.8. The fraction of sp³-hybridized carbons (Fsp3) is 0.130. The van der Waals surface area contributed by atoms with E-state index in [9.17, 15) is 19.7 Å². The number of amides is 2. The van der Waals surface area contributed by atoms with Crippen LogP contribution in [0.5, 0.6) is 5.75 Å². The number of furan rings is 1. The van der Waals surface area contributed by atoms with Crippen molar-refractivity contribution < 1.29 is 23.7 Å². The fourth-order valence-corrected chi connectivity index (χ4v) is 4.28. The summed E-state index contributed by atoms with van der Waals surface area (Å²) in [5, 5.41) is 11.0. The number of rotatable bonds is 7. The molecule has 168 valence electrons. The number of imide groups is 1. The van der Waals surface area contributed by atoms with E-state index in [1.807, 2.05) is 0 Å². The average molecular weight is 485 g/mol. The first-order valence-electron chi connectivity index (χ1n) is 9.81. The summed E-state index contributed by atoms with van der Waals surface area (Å²) in [7, 11) is 0. The van der Waals surface area contributed by atoms with Crippen LogP contribution in [-0.2, 0) is 4.79 Å². The van der Waals surface area contributed by atoms with Crippen LogP contribution < -0.4 is 4.74 Å². The molecule has 0 saturated carbocycles. The van der Waals surface area contributed by atoms with Crippen molar-refractivity contribution in [1.82, 2.24) is 4.90 Å². The first kappa shape index (κ1) is 22.6. The van der Waals surface area contributed by atoms with Gasteiger partial charge in [0.2, 0.25) is 0 Å². The third-order valence-corrected chi connectivity index (χ3v) is 6.09. The molecule has 0 N–H and O–H groups in total. The van der Waals surface area contributed by atoms with Crippen LogP contribution in [0.3, 0.4) is 0 Å². The number of carbonyl (C=O) groups excluding carboxylic acids is 2. The molecule has 2 heterocycles. The lowest BCUT2D eigenvalue weighted by Crippen LogP contribution is -2.32. The molecule has 4 rings (SSSR count). The molecule has 0 radical (unpaired) electrons. The lowest BCUT2D eigenvalue weighted by Gasteiger charge is -2.13. The third kappa shape index (κ3) is 4.94. The Morgan fingerprint density at radius 1 is 1.18 bits per heavy atom. The quantitative estimate of drug-likeness (QED) is 0.232. The summed E-state index contributed by atoms with van der Waals surface area (Å²) in [5.74, 6) is 0.935. The zero-order chi connectivity index (χ0) is 23.5. The minimum Gasteiger partial charge on any atom is -0.490 e. The van der Waals surface area contributed by atoms with Crippen LogP contribution in [0.2, 0.25) is 5.02 Å². The maximum atomic E-state index is 12.7. The van der Waals surface area contributed by atoms with E-state index in [4.69, 9.17) is 20.8 Å². The second-order valence-electron chi connectivity index (χ2n) is 7.07. The van der Waals surface area contributed by atoms with Gasteiger partial charge in [-0.2, -0.15) is 0 Å². The number of aryl methyl sites for hydroxylation is 1. The summed E-state index contributed by atoms with van der Waals surface area (Å²) in [5.41, 5.74) is 1.38. The molecule has 0 aliphatic carbocycles. The molecule has 0 spiro atoms. The van der Waals surface area contributed by atoms with Crippen LogP contribution in [0.25, 0.3) is 17.4 Å². The van der Waals surface area contributed by atoms with Gasteiger partial charge in [-0.3, -0.25) is 24.6 Å². The van der Waals surface area contributed by atoms with Gasteiger partial charge in [-0.15, -0.1) is 0 Å². The number of nitro groups is 1. The predicted octanol–water partition coefficient (Wildman–Crippen LogP) is 5.93. The normalized spacial score (nSPS) is 14.8. The lowest BCUT2D eigenvalue weighted by molar-refractivity contribution is -0.384. The van der Waals surface area contributed by atoms with Gasteiger partial charge >= 0.3 is 0 Å². The molecular weight excluding hydrogens is 468 g/mol. The van der Waals surface area contributed by atoms with Gasteiger partial charge in [0.25, 0.3) is 16.8 Å². The zero-order valence-corrected chi connectivity index (χ0v) is 18.9. The highest BCUT2D eigenvalue weighted by Crippen LogP contribution is 2.34. The van der Waals surface area contributed by atoms with Gasteiger partial charge in [-0.1, -0.05) is 23.7 Å². The third-order valence-electron chi connectivity index (χ3n) is 4.87. The van der Waals surface area contributed by atoms with Crippen molar-refractivity contribution in [3.8, 4) is 17.1 Å². The zero-order valence-electron chi connectivity index (χ0n) is 17.3. The second kappa shape index (κ2) is 9.51. The van der Waals surface area contributed by atoms with Gasteiger partial charge in [0.05, 0.1) is 21.4 Å². The maximum absolute atomic E-state index is 12.7. The number of hydrogen-bond donors (Lipinski definition) is 0. The number of non-ortho nitro benzene ring substituents is 1. The molecule has 1 aromatic heterocycles. The summed E-state index contributed by atoms with van der Waals surface area (Å²) in [6, 6.07) is 14.8. The largest absolute Gasteiger partial charge is 0.490 e. The number of benzene rings is 2. The van der Waals surface area contributed by atoms with Gasteiger partial charge in [-0.25, -0.2) is 0 Å². The standard InChI is InChI=1S/C23H17ClN2O6S/c1-14-12-15(26(29)30)6-8-17(14)19-9-7-16(32-19)13-21-22(27)25(23(28)33-21)10-11-31-20-5-3-2-4-18(20)24/h2-9,12-13H,10-11H2,1H3/b21-13-. The number of nitrogens with zero attached hydrogens (tertiary/aromatic N) is 2. The van der Waals surface area contributed by atoms with Gasteiger partial charge in [0.1, 0.15) is 23.9 Å². The molecule has 0 bridgehead atoms. The lowest BCUT2D eigenvalue weighted by atomic mass is 10.1. The smallest absolute Gasteiger partial charge is 0.293 e. The van der Waals surface area contributed by atoms with E-state index in [2.05, 4.69) is 0 Å². The summed E-state index contributed by atoms with van der Waals surface area (Å²) >= 11 is 6.86. The van der Waals surface area contributed by atoms with E-state index in [0.29, 0.717) is 33.4 Å². The van der Waals surface area contributed by atoms with Crippen LogP contribution in [0.4, 0.5) is 10.5 Å². The molecule has 0 atom stereocenters. The Hall–Kier alpha value is -3.56. The number of hydrogen-bond acceptors (Lipinski definition) is 7. The Kier molecular flexibility index (Phi) is 6.52. The number of para-hydroxylation sites is 1. The number of halogens is 1. The molecule has 1 fully saturated rings. The van der Waals surface area contributed by atoms with E-state index in [-0.39, 0.29) is 23.7 Å². The summed E-state index contributed by atoms with van der Waals surface area (Å²) in [6.07, 6.45) is 1.50. The van der Waals surface area contributed by atoms with Crippen molar-refractivity contribution in [2.24, 2.45) is 0 Å². The summed E-state index contributed by atoms with van der Waals surface area (Å²) < 4.78 is 11.4. The van der Waals surface area contributed by atoms with E-state index >= 15 is 0 Å². The number of nitro benzene ring substituents is 1. The van der Waals surface area contributed by atoms with E-state index in [0.717, 1.165) is 16.7 Å². The molecular formula is C23H17ClN2O6S. The Bertz CT molecular complexity index is 1290. The van der Waals surface area contributed by atoms with Crippen molar-refractivity contribution in [3.63, 3.8) is 0 Å². The Balaban J connectivity index is 1.44. The minimum atomic E-state index is -0.458. The molecule has 0 unspecified atom stereocenters. The van der Waals surface area contributed by atoms with Gasteiger partial charge in [0.15, 0.2) is 0 Å². The first-order chi connectivity index (χ1) is 15.8. The highest BCUT2D eigenvalue weighted by molar-refractivity contribution is 8.18. The van der Waals surface area contributed by atoms with Crippen molar-refractivity contribution in [1.29, 1.82) is 0 Å². The van der Waals surface area contributed by atoms with E-state index in [1.165, 1.54) is 18.2 Å². The molecule has 2 aromatic carbocycles. The highest BCUT2D eigenvalue weighted by Gasteiger charge is 2.35. The molecule has 33 heavy (non-hydrogen) atoms. The van der Waals surface area contributed by atoms with Gasteiger partial charge in [-0.05, 0) is 54.6 Å². The Morgan fingerprint density at radius 3 is 2.70 bits per heavy atom. The molecule has 1 saturated heterocycles. The predicted molar refractivity (Wildman–Crippen MR) is 125 cm³/mol. The number of thioether (sulfide) groups is 1. The minimum absolute atomic E-state index is 0.00443. The average Bonchev–Trinajstić information content (AvgIpc) is 3.34. The number of carbonyl (C=O) groups is 2. The van der Waals surface area contributed by atoms with Crippen molar-refractivity contribution >= 4 is 46.3 Å². The maximum Gasteiger partial charge on any atom is 0.293 e. The van der Waals surface area contributed by atoms with E-state index < -0.39 is 16.1 Å². The Morgan fingerprint density at radius 2 is 1.97 bits per heavy atom. The molecule has 2 amide bonds. The molecule has 1 aliphatic heterocycles. The van der Waals surface area contributed by atoms with Gasteiger partial charge < -0.3 is 9.15 Å².